The summed E-state index contributed by atoms with van der Waals surface area (Å²) in [5.74, 6) is 0.946. The van der Waals surface area contributed by atoms with E-state index in [1.165, 1.54) is 6.07 Å². The van der Waals surface area contributed by atoms with Gasteiger partial charge in [0.2, 0.25) is 0 Å². The molecule has 0 aliphatic rings. The summed E-state index contributed by atoms with van der Waals surface area (Å²) >= 11 is 0. The second-order valence-corrected chi connectivity index (χ2v) is 7.06. The molecule has 1 unspecified atom stereocenters. The van der Waals surface area contributed by atoms with Gasteiger partial charge in [-0.15, -0.1) is 0 Å². The maximum atomic E-state index is 13.7. The quantitative estimate of drug-likeness (QED) is 0.655. The highest BCUT2D eigenvalue weighted by Gasteiger charge is 2.28. The van der Waals surface area contributed by atoms with E-state index in [4.69, 9.17) is 5.73 Å². The van der Waals surface area contributed by atoms with Crippen molar-refractivity contribution in [3.63, 3.8) is 0 Å². The average Bonchev–Trinajstić information content (AvgIpc) is 2.37. The number of nitrogens with zero attached hydrogens (tertiary/aromatic N) is 2. The molecule has 0 spiro atoms. The number of hydrogen-bond donors (Lipinski definition) is 1. The Labute approximate surface area is 117 Å². The standard InChI is InChI=1S/C14H22FN3S/c1-5-18-13(16)14(2,3)19(17-4)10-11-8-6-7-9-12(11)15/h6-9H,5,10H2,1-4H3,(H2,16,18). The summed E-state index contributed by atoms with van der Waals surface area (Å²) in [6, 6.07) is 6.80. The molecule has 0 saturated carbocycles. The molecule has 1 rings (SSSR count). The van der Waals surface area contributed by atoms with Gasteiger partial charge in [0.15, 0.2) is 0 Å². The van der Waals surface area contributed by atoms with E-state index >= 15 is 0 Å². The summed E-state index contributed by atoms with van der Waals surface area (Å²) in [7, 11) is 1.35. The summed E-state index contributed by atoms with van der Waals surface area (Å²) in [4.78, 5) is 4.28. The minimum absolute atomic E-state index is 0.189. The highest BCUT2D eigenvalue weighted by Crippen LogP contribution is 2.21. The molecule has 1 aromatic carbocycles. The molecule has 0 aromatic heterocycles. The topological polar surface area (TPSA) is 50.7 Å². The van der Waals surface area contributed by atoms with Gasteiger partial charge in [0.25, 0.3) is 0 Å². The van der Waals surface area contributed by atoms with Crippen molar-refractivity contribution in [1.82, 2.24) is 0 Å². The van der Waals surface area contributed by atoms with E-state index in [0.717, 1.165) is 0 Å². The summed E-state index contributed by atoms with van der Waals surface area (Å²) < 4.78 is 17.8. The fraction of sp³-hybridized carbons (Fsp3) is 0.500. The van der Waals surface area contributed by atoms with Gasteiger partial charge in [-0.3, -0.25) is 9.36 Å². The molecule has 0 aliphatic heterocycles. The molecule has 0 fully saturated rings. The molecule has 0 amide bonds. The SMILES string of the molecule is CCN=C(N)C(C)(C)S(Cc1ccccc1F)=NC. The number of rotatable bonds is 5. The molecular weight excluding hydrogens is 261 g/mol. The number of aliphatic imine (C=N–C) groups is 1. The molecule has 5 heteroatoms. The highest BCUT2D eigenvalue weighted by molar-refractivity contribution is 7.88. The summed E-state index contributed by atoms with van der Waals surface area (Å²) in [6.45, 7) is 6.62. The van der Waals surface area contributed by atoms with Gasteiger partial charge in [0, 0.05) is 19.3 Å². The predicted molar refractivity (Wildman–Crippen MR) is 82.1 cm³/mol. The van der Waals surface area contributed by atoms with Crippen molar-refractivity contribution in [2.24, 2.45) is 15.1 Å². The van der Waals surface area contributed by atoms with Crippen LogP contribution in [0.2, 0.25) is 0 Å². The van der Waals surface area contributed by atoms with Crippen LogP contribution in [0.15, 0.2) is 33.6 Å². The van der Waals surface area contributed by atoms with E-state index in [-0.39, 0.29) is 10.6 Å². The zero-order valence-electron chi connectivity index (χ0n) is 12.0. The highest BCUT2D eigenvalue weighted by atomic mass is 32.2. The van der Waals surface area contributed by atoms with Crippen molar-refractivity contribution in [2.75, 3.05) is 13.6 Å². The second-order valence-electron chi connectivity index (χ2n) is 4.65. The van der Waals surface area contributed by atoms with Crippen molar-refractivity contribution in [3.8, 4) is 0 Å². The van der Waals surface area contributed by atoms with Crippen molar-refractivity contribution < 1.29 is 4.39 Å². The summed E-state index contributed by atoms with van der Waals surface area (Å²) in [5.41, 5.74) is 6.71. The number of amidine groups is 1. The minimum atomic E-state index is -0.405. The molecule has 106 valence electrons. The lowest BCUT2D eigenvalue weighted by atomic mass is 10.2. The van der Waals surface area contributed by atoms with Crippen molar-refractivity contribution in [3.05, 3.63) is 35.6 Å². The third kappa shape index (κ3) is 3.86. The first-order valence-corrected chi connectivity index (χ1v) is 7.63. The van der Waals surface area contributed by atoms with Gasteiger partial charge >= 0.3 is 0 Å². The lowest BCUT2D eigenvalue weighted by Gasteiger charge is -2.27. The van der Waals surface area contributed by atoms with Gasteiger partial charge in [0.05, 0.1) is 4.75 Å². The first-order valence-electron chi connectivity index (χ1n) is 6.28. The van der Waals surface area contributed by atoms with Crippen molar-refractivity contribution in [1.29, 1.82) is 0 Å². The van der Waals surface area contributed by atoms with E-state index in [2.05, 4.69) is 9.36 Å². The van der Waals surface area contributed by atoms with Crippen LogP contribution in [0.1, 0.15) is 26.3 Å². The molecule has 0 bridgehead atoms. The zero-order valence-corrected chi connectivity index (χ0v) is 12.8. The van der Waals surface area contributed by atoms with Crippen LogP contribution in [-0.2, 0) is 16.4 Å². The van der Waals surface area contributed by atoms with Gasteiger partial charge in [-0.1, -0.05) is 28.9 Å². The molecule has 0 heterocycles. The average molecular weight is 283 g/mol. The van der Waals surface area contributed by atoms with Gasteiger partial charge in [-0.25, -0.2) is 4.39 Å². The molecule has 19 heavy (non-hydrogen) atoms. The Bertz CT molecular complexity index is 495. The first-order chi connectivity index (χ1) is 8.93. The fourth-order valence-corrected chi connectivity index (χ4v) is 3.50. The number of hydrogen-bond acceptors (Lipinski definition) is 2. The fourth-order valence-electron chi connectivity index (χ4n) is 1.72. The molecule has 1 atom stereocenters. The maximum absolute atomic E-state index is 13.7. The number of benzene rings is 1. The van der Waals surface area contributed by atoms with E-state index in [1.807, 2.05) is 26.8 Å². The van der Waals surface area contributed by atoms with Crippen LogP contribution < -0.4 is 5.73 Å². The van der Waals surface area contributed by atoms with Crippen LogP contribution >= 0.6 is 0 Å². The van der Waals surface area contributed by atoms with E-state index in [1.54, 1.807) is 19.2 Å². The lowest BCUT2D eigenvalue weighted by molar-refractivity contribution is 0.617. The van der Waals surface area contributed by atoms with Crippen LogP contribution in [0.25, 0.3) is 0 Å². The predicted octanol–water partition coefficient (Wildman–Crippen LogP) is 2.91. The normalized spacial score (nSPS) is 14.7. The number of nitrogens with two attached hydrogens (primary N) is 1. The minimum Gasteiger partial charge on any atom is -0.386 e. The second kappa shape index (κ2) is 6.80. The largest absolute Gasteiger partial charge is 0.386 e. The monoisotopic (exact) mass is 283 g/mol. The van der Waals surface area contributed by atoms with Crippen LogP contribution in [0.5, 0.6) is 0 Å². The van der Waals surface area contributed by atoms with E-state index < -0.39 is 10.7 Å². The first kappa shape index (κ1) is 15.8. The van der Waals surface area contributed by atoms with Crippen molar-refractivity contribution in [2.45, 2.75) is 31.3 Å². The Kier molecular flexibility index (Phi) is 5.66. The Balaban J connectivity index is 3.03. The van der Waals surface area contributed by atoms with Crippen LogP contribution in [0.4, 0.5) is 4.39 Å². The Morgan fingerprint density at radius 1 is 1.37 bits per heavy atom. The zero-order chi connectivity index (χ0) is 14.5. The molecule has 0 saturated heterocycles. The molecule has 3 nitrogen and oxygen atoms in total. The lowest BCUT2D eigenvalue weighted by Crippen LogP contribution is -2.42. The van der Waals surface area contributed by atoms with Gasteiger partial charge in [-0.05, 0) is 32.4 Å². The van der Waals surface area contributed by atoms with Crippen LogP contribution in [0.3, 0.4) is 0 Å². The number of halogens is 1. The Hall–Kier alpha value is -1.23. The molecule has 0 radical (unpaired) electrons. The van der Waals surface area contributed by atoms with E-state index in [9.17, 15) is 4.39 Å². The smallest absolute Gasteiger partial charge is 0.127 e. The Morgan fingerprint density at radius 3 is 2.53 bits per heavy atom. The van der Waals surface area contributed by atoms with Crippen LogP contribution in [0, 0.1) is 5.82 Å². The third-order valence-electron chi connectivity index (χ3n) is 3.00. The molecular formula is C14H22FN3S. The molecule has 2 N–H and O–H groups in total. The van der Waals surface area contributed by atoms with E-state index in [0.29, 0.717) is 23.7 Å². The molecule has 1 aromatic rings. The van der Waals surface area contributed by atoms with Gasteiger partial charge in [-0.2, -0.15) is 0 Å². The van der Waals surface area contributed by atoms with Crippen molar-refractivity contribution >= 4 is 16.5 Å². The third-order valence-corrected chi connectivity index (χ3v) is 5.42. The molecule has 0 aliphatic carbocycles. The van der Waals surface area contributed by atoms with Crippen LogP contribution in [-0.4, -0.2) is 24.2 Å². The maximum Gasteiger partial charge on any atom is 0.127 e. The van der Waals surface area contributed by atoms with Gasteiger partial charge in [0.1, 0.15) is 11.7 Å². The Morgan fingerprint density at radius 2 is 2.00 bits per heavy atom. The van der Waals surface area contributed by atoms with Gasteiger partial charge < -0.3 is 5.73 Å². The summed E-state index contributed by atoms with van der Waals surface area (Å²) in [5, 5.41) is 0. The summed E-state index contributed by atoms with van der Waals surface area (Å²) in [6.07, 6.45) is 0.